The van der Waals surface area contributed by atoms with Gasteiger partial charge in [0.1, 0.15) is 30.8 Å². The van der Waals surface area contributed by atoms with Crippen molar-refractivity contribution < 1.29 is 33.5 Å². The van der Waals surface area contributed by atoms with E-state index in [2.05, 4.69) is 10.6 Å². The van der Waals surface area contributed by atoms with Crippen LogP contribution in [0.15, 0.2) is 30.3 Å². The van der Waals surface area contributed by atoms with Crippen LogP contribution in [0.4, 0.5) is 4.79 Å². The zero-order valence-corrected chi connectivity index (χ0v) is 24.1. The molecule has 2 aliphatic rings. The molecule has 0 aromatic heterocycles. The Morgan fingerprint density at radius 1 is 1.00 bits per heavy atom. The standard InChI is InChI=1S/C29H41N5O7/c1-5-18(4)24(27(38)31-23(17(2)3)28(39)33-15-9-12-20(33)25(30)36)32-26(37)21-13-14-22(35)34(21)29(40)41-16-19-10-7-6-8-11-19/h6-8,10-11,17-18,20-21,23-24H,5,9,12-16H2,1-4H3,(H2,30,36)(H,31,38)(H,32,37)/t18-,20+,21-,23-,24-/m0/s1. The smallest absolute Gasteiger partial charge is 0.417 e. The van der Waals surface area contributed by atoms with Crippen LogP contribution < -0.4 is 16.4 Å². The van der Waals surface area contributed by atoms with Crippen LogP contribution in [0.5, 0.6) is 0 Å². The predicted octanol–water partition coefficient (Wildman–Crippen LogP) is 1.46. The Balaban J connectivity index is 1.71. The molecule has 4 N–H and O–H groups in total. The lowest BCUT2D eigenvalue weighted by atomic mass is 9.95. The van der Waals surface area contributed by atoms with E-state index in [-0.39, 0.29) is 31.3 Å². The van der Waals surface area contributed by atoms with E-state index in [4.69, 9.17) is 10.5 Å². The van der Waals surface area contributed by atoms with Crippen molar-refractivity contribution in [2.75, 3.05) is 6.54 Å². The summed E-state index contributed by atoms with van der Waals surface area (Å²) in [5.74, 6) is -3.40. The van der Waals surface area contributed by atoms with Crippen LogP contribution in [0.3, 0.4) is 0 Å². The molecule has 0 aliphatic carbocycles. The highest BCUT2D eigenvalue weighted by Crippen LogP contribution is 2.23. The average molecular weight is 572 g/mol. The third-order valence-electron chi connectivity index (χ3n) is 7.80. The van der Waals surface area contributed by atoms with Crippen molar-refractivity contribution in [3.8, 4) is 0 Å². The lowest BCUT2D eigenvalue weighted by molar-refractivity contribution is -0.142. The number of nitrogens with zero attached hydrogens (tertiary/aromatic N) is 2. The molecule has 0 saturated carbocycles. The summed E-state index contributed by atoms with van der Waals surface area (Å²) in [6.07, 6.45) is 0.780. The van der Waals surface area contributed by atoms with Crippen molar-refractivity contribution in [1.82, 2.24) is 20.4 Å². The van der Waals surface area contributed by atoms with E-state index >= 15 is 0 Å². The number of primary amides is 1. The molecule has 224 valence electrons. The number of amides is 6. The normalized spacial score (nSPS) is 20.9. The minimum Gasteiger partial charge on any atom is -0.444 e. The summed E-state index contributed by atoms with van der Waals surface area (Å²) in [6.45, 7) is 7.50. The SMILES string of the molecule is CC[C@H](C)[C@H](NC(=O)[C@@H]1CCC(=O)N1C(=O)OCc1ccccc1)C(=O)N[C@H](C(=O)N1CCC[C@@H]1C(N)=O)C(C)C. The molecule has 12 heteroatoms. The Labute approximate surface area is 240 Å². The number of hydrogen-bond acceptors (Lipinski definition) is 7. The Morgan fingerprint density at radius 2 is 1.68 bits per heavy atom. The molecule has 0 spiro atoms. The largest absolute Gasteiger partial charge is 0.444 e. The summed E-state index contributed by atoms with van der Waals surface area (Å²) >= 11 is 0. The van der Waals surface area contributed by atoms with Crippen LogP contribution in [0.1, 0.15) is 65.4 Å². The molecule has 2 aliphatic heterocycles. The fraction of sp³-hybridized carbons (Fsp3) is 0.586. The van der Waals surface area contributed by atoms with Gasteiger partial charge in [0.25, 0.3) is 0 Å². The van der Waals surface area contributed by atoms with E-state index in [9.17, 15) is 28.8 Å². The Hall–Kier alpha value is -3.96. The molecule has 12 nitrogen and oxygen atoms in total. The number of ether oxygens (including phenoxy) is 1. The quantitative estimate of drug-likeness (QED) is 0.361. The van der Waals surface area contributed by atoms with E-state index in [1.54, 1.807) is 45.0 Å². The molecule has 6 amide bonds. The number of carbonyl (C=O) groups is 6. The van der Waals surface area contributed by atoms with Gasteiger partial charge in [-0.1, -0.05) is 64.4 Å². The highest BCUT2D eigenvalue weighted by Gasteiger charge is 2.43. The zero-order chi connectivity index (χ0) is 30.3. The lowest BCUT2D eigenvalue weighted by Gasteiger charge is -2.32. The topological polar surface area (TPSA) is 168 Å². The first kappa shape index (κ1) is 31.6. The number of carbonyl (C=O) groups excluding carboxylic acids is 6. The first-order valence-corrected chi connectivity index (χ1v) is 14.2. The average Bonchev–Trinajstić information content (AvgIpc) is 3.60. The number of nitrogens with two attached hydrogens (primary N) is 1. The molecule has 1 aromatic carbocycles. The van der Waals surface area contributed by atoms with Gasteiger partial charge in [0, 0.05) is 13.0 Å². The second kappa shape index (κ2) is 14.1. The lowest BCUT2D eigenvalue weighted by Crippen LogP contribution is -2.60. The van der Waals surface area contributed by atoms with E-state index in [0.29, 0.717) is 25.8 Å². The van der Waals surface area contributed by atoms with Gasteiger partial charge in [-0.15, -0.1) is 0 Å². The molecule has 41 heavy (non-hydrogen) atoms. The maximum atomic E-state index is 13.5. The van der Waals surface area contributed by atoms with Gasteiger partial charge in [0.2, 0.25) is 29.5 Å². The van der Waals surface area contributed by atoms with Crippen LogP contribution in [0.2, 0.25) is 0 Å². The number of benzene rings is 1. The molecule has 2 heterocycles. The van der Waals surface area contributed by atoms with Gasteiger partial charge in [-0.05, 0) is 36.7 Å². The second-order valence-corrected chi connectivity index (χ2v) is 11.1. The number of rotatable bonds is 11. The fourth-order valence-electron chi connectivity index (χ4n) is 5.16. The molecule has 2 fully saturated rings. The maximum Gasteiger partial charge on any atom is 0.417 e. The summed E-state index contributed by atoms with van der Waals surface area (Å²) in [6, 6.07) is 5.11. The van der Waals surface area contributed by atoms with Crippen molar-refractivity contribution in [1.29, 1.82) is 0 Å². The molecule has 3 rings (SSSR count). The fourth-order valence-corrected chi connectivity index (χ4v) is 5.16. The van der Waals surface area contributed by atoms with Gasteiger partial charge in [0.05, 0.1) is 0 Å². The molecular formula is C29H41N5O7. The van der Waals surface area contributed by atoms with Gasteiger partial charge in [-0.2, -0.15) is 0 Å². The van der Waals surface area contributed by atoms with Crippen molar-refractivity contribution in [3.63, 3.8) is 0 Å². The van der Waals surface area contributed by atoms with Crippen molar-refractivity contribution in [3.05, 3.63) is 35.9 Å². The molecule has 2 saturated heterocycles. The monoisotopic (exact) mass is 571 g/mol. The van der Waals surface area contributed by atoms with Crippen LogP contribution in [-0.4, -0.2) is 76.1 Å². The minimum atomic E-state index is -1.13. The molecular weight excluding hydrogens is 530 g/mol. The molecule has 5 atom stereocenters. The molecule has 0 bridgehead atoms. The van der Waals surface area contributed by atoms with Gasteiger partial charge >= 0.3 is 6.09 Å². The zero-order valence-electron chi connectivity index (χ0n) is 24.1. The molecule has 0 unspecified atom stereocenters. The maximum absolute atomic E-state index is 13.5. The van der Waals surface area contributed by atoms with E-state index < -0.39 is 59.8 Å². The number of nitrogens with one attached hydrogen (secondary N) is 2. The van der Waals surface area contributed by atoms with E-state index in [0.717, 1.165) is 10.5 Å². The molecule has 0 radical (unpaired) electrons. The number of imide groups is 1. The van der Waals surface area contributed by atoms with Gasteiger partial charge in [0.15, 0.2) is 0 Å². The van der Waals surface area contributed by atoms with Gasteiger partial charge in [-0.3, -0.25) is 24.0 Å². The predicted molar refractivity (Wildman–Crippen MR) is 149 cm³/mol. The summed E-state index contributed by atoms with van der Waals surface area (Å²) in [4.78, 5) is 79.7. The Bertz CT molecular complexity index is 1140. The highest BCUT2D eigenvalue weighted by molar-refractivity contribution is 6.02. The van der Waals surface area contributed by atoms with Gasteiger partial charge in [-0.25, -0.2) is 9.69 Å². The van der Waals surface area contributed by atoms with E-state index in [1.807, 2.05) is 13.0 Å². The summed E-state index contributed by atoms with van der Waals surface area (Å²) < 4.78 is 5.30. The first-order chi connectivity index (χ1) is 19.5. The van der Waals surface area contributed by atoms with Gasteiger partial charge < -0.3 is 26.0 Å². The van der Waals surface area contributed by atoms with Crippen LogP contribution >= 0.6 is 0 Å². The van der Waals surface area contributed by atoms with Crippen molar-refractivity contribution >= 4 is 35.6 Å². The van der Waals surface area contributed by atoms with Crippen molar-refractivity contribution in [2.45, 2.75) is 90.6 Å². The third kappa shape index (κ3) is 7.62. The third-order valence-corrected chi connectivity index (χ3v) is 7.80. The van der Waals surface area contributed by atoms with Crippen molar-refractivity contribution in [2.24, 2.45) is 17.6 Å². The summed E-state index contributed by atoms with van der Waals surface area (Å²) in [7, 11) is 0. The van der Waals surface area contributed by atoms with Crippen LogP contribution in [0, 0.1) is 11.8 Å². The Morgan fingerprint density at radius 3 is 2.29 bits per heavy atom. The second-order valence-electron chi connectivity index (χ2n) is 11.1. The molecule has 1 aromatic rings. The highest BCUT2D eigenvalue weighted by atomic mass is 16.6. The summed E-state index contributed by atoms with van der Waals surface area (Å²) in [5, 5.41) is 5.49. The number of likely N-dealkylation sites (tertiary alicyclic amines) is 2. The van der Waals surface area contributed by atoms with Crippen LogP contribution in [0.25, 0.3) is 0 Å². The first-order valence-electron chi connectivity index (χ1n) is 14.2. The minimum absolute atomic E-state index is 0.0144. The summed E-state index contributed by atoms with van der Waals surface area (Å²) in [5.41, 5.74) is 6.22. The van der Waals surface area contributed by atoms with E-state index in [1.165, 1.54) is 4.90 Å². The van der Waals surface area contributed by atoms with Crippen LogP contribution in [-0.2, 0) is 35.3 Å². The number of hydrogen-bond donors (Lipinski definition) is 3. The Kier molecular flexibility index (Phi) is 10.8.